The van der Waals surface area contributed by atoms with Crippen LogP contribution in [0.15, 0.2) is 21.6 Å². The largest absolute Gasteiger partial charge is 0.383 e. The molecular weight excluding hydrogens is 384 g/mol. The Morgan fingerprint density at radius 2 is 2.26 bits per heavy atom. The fraction of sp³-hybridized carbons (Fsp3) is 0.571. The van der Waals surface area contributed by atoms with Crippen molar-refractivity contribution in [3.63, 3.8) is 0 Å². The topological polar surface area (TPSA) is 105 Å². The molecule has 1 saturated heterocycles. The third-order valence-corrected chi connectivity index (χ3v) is 5.82. The summed E-state index contributed by atoms with van der Waals surface area (Å²) in [6.45, 7) is 2.81. The second-order valence-corrected chi connectivity index (χ2v) is 8.27. The van der Waals surface area contributed by atoms with E-state index in [-0.39, 0.29) is 35.6 Å². The second-order valence-electron chi connectivity index (χ2n) is 5.62. The number of sulfonamides is 1. The van der Waals surface area contributed by atoms with Gasteiger partial charge in [0, 0.05) is 36.2 Å². The highest BCUT2D eigenvalue weighted by Crippen LogP contribution is 2.20. The van der Waals surface area contributed by atoms with Crippen molar-refractivity contribution in [3.05, 3.63) is 16.7 Å². The zero-order valence-corrected chi connectivity index (χ0v) is 15.4. The van der Waals surface area contributed by atoms with Crippen molar-refractivity contribution in [1.82, 2.24) is 14.6 Å². The molecule has 0 bridgehead atoms. The number of carbonyl (C=O) groups excluding carboxylic acids is 1. The molecular formula is C14H21BrN4O3S. The lowest BCUT2D eigenvalue weighted by Crippen LogP contribution is -2.43. The number of hydrogen-bond acceptors (Lipinski definition) is 5. The molecule has 2 rings (SSSR count). The molecule has 0 aliphatic carbocycles. The summed E-state index contributed by atoms with van der Waals surface area (Å²) in [6.07, 6.45) is 4.69. The number of carbonyl (C=O) groups is 1. The monoisotopic (exact) mass is 404 g/mol. The zero-order valence-electron chi connectivity index (χ0n) is 13.0. The zero-order chi connectivity index (χ0) is 17.0. The number of aromatic nitrogens is 1. The average molecular weight is 405 g/mol. The maximum absolute atomic E-state index is 12.3. The molecule has 1 fully saturated rings. The summed E-state index contributed by atoms with van der Waals surface area (Å²) in [4.78, 5) is 17.7. The van der Waals surface area contributed by atoms with E-state index >= 15 is 0 Å². The molecule has 1 aliphatic heterocycles. The van der Waals surface area contributed by atoms with E-state index < -0.39 is 10.0 Å². The summed E-state index contributed by atoms with van der Waals surface area (Å²) in [6, 6.07) is 1.61. The third-order valence-electron chi connectivity index (χ3n) is 3.89. The Hall–Kier alpha value is -1.19. The minimum absolute atomic E-state index is 0.0276. The average Bonchev–Trinajstić information content (AvgIpc) is 2.49. The first-order valence-electron chi connectivity index (χ1n) is 7.51. The van der Waals surface area contributed by atoms with Crippen molar-refractivity contribution in [1.29, 1.82) is 0 Å². The van der Waals surface area contributed by atoms with Crippen LogP contribution in [0.4, 0.5) is 5.82 Å². The molecule has 0 radical (unpaired) electrons. The molecule has 1 amide bonds. The normalized spacial score (nSPS) is 18.9. The van der Waals surface area contributed by atoms with Gasteiger partial charge in [-0.15, -0.1) is 0 Å². The van der Waals surface area contributed by atoms with Crippen LogP contribution in [-0.2, 0) is 14.8 Å². The van der Waals surface area contributed by atoms with E-state index in [1.807, 2.05) is 11.8 Å². The van der Waals surface area contributed by atoms with Crippen LogP contribution in [0.3, 0.4) is 0 Å². The lowest BCUT2D eigenvalue weighted by molar-refractivity contribution is -0.134. The number of hydrogen-bond donors (Lipinski definition) is 2. The Morgan fingerprint density at radius 3 is 2.96 bits per heavy atom. The van der Waals surface area contributed by atoms with E-state index in [0.29, 0.717) is 4.47 Å². The maximum Gasteiger partial charge on any atom is 0.244 e. The molecule has 9 heteroatoms. The van der Waals surface area contributed by atoms with Gasteiger partial charge < -0.3 is 10.6 Å². The molecule has 0 saturated carbocycles. The highest BCUT2D eigenvalue weighted by molar-refractivity contribution is 9.10. The van der Waals surface area contributed by atoms with Crippen molar-refractivity contribution in [2.24, 2.45) is 0 Å². The summed E-state index contributed by atoms with van der Waals surface area (Å²) in [7, 11) is -3.79. The fourth-order valence-electron chi connectivity index (χ4n) is 2.63. The highest BCUT2D eigenvalue weighted by Gasteiger charge is 2.24. The van der Waals surface area contributed by atoms with Gasteiger partial charge in [-0.05, 0) is 48.2 Å². The van der Waals surface area contributed by atoms with Crippen molar-refractivity contribution in [2.45, 2.75) is 43.5 Å². The first-order valence-corrected chi connectivity index (χ1v) is 9.79. The van der Waals surface area contributed by atoms with Gasteiger partial charge in [0.25, 0.3) is 0 Å². The van der Waals surface area contributed by atoms with Gasteiger partial charge in [0.2, 0.25) is 15.9 Å². The van der Waals surface area contributed by atoms with E-state index in [9.17, 15) is 13.2 Å². The molecule has 0 aromatic carbocycles. The van der Waals surface area contributed by atoms with Crippen molar-refractivity contribution < 1.29 is 13.2 Å². The highest BCUT2D eigenvalue weighted by atomic mass is 79.9. The lowest BCUT2D eigenvalue weighted by Gasteiger charge is -2.33. The fourth-order valence-corrected chi connectivity index (χ4v) is 4.25. The smallest absolute Gasteiger partial charge is 0.244 e. The van der Waals surface area contributed by atoms with E-state index in [1.165, 1.54) is 12.3 Å². The van der Waals surface area contributed by atoms with Crippen molar-refractivity contribution in [3.8, 4) is 0 Å². The number of amides is 1. The number of rotatable bonds is 5. The Labute approximate surface area is 144 Å². The molecule has 1 aromatic rings. The third kappa shape index (κ3) is 4.65. The van der Waals surface area contributed by atoms with E-state index in [0.717, 1.165) is 25.8 Å². The number of piperidine rings is 1. The minimum Gasteiger partial charge on any atom is -0.383 e. The van der Waals surface area contributed by atoms with Crippen LogP contribution in [0, 0.1) is 0 Å². The van der Waals surface area contributed by atoms with Crippen LogP contribution < -0.4 is 10.5 Å². The summed E-state index contributed by atoms with van der Waals surface area (Å²) in [5, 5.41) is 0. The second kappa shape index (κ2) is 7.59. The summed E-state index contributed by atoms with van der Waals surface area (Å²) < 4.78 is 27.4. The first-order chi connectivity index (χ1) is 10.8. The minimum atomic E-state index is -3.79. The standard InChI is InChI=1S/C14H21BrN4O3S/c1-10-4-2-3-7-19(10)13(20)5-6-18-23(21,22)12-8-11(15)9-17-14(12)16/h8-10,18H,2-7H2,1H3,(H2,16,17). The molecule has 1 unspecified atom stereocenters. The summed E-state index contributed by atoms with van der Waals surface area (Å²) >= 11 is 3.17. The van der Waals surface area contributed by atoms with E-state index in [2.05, 4.69) is 25.6 Å². The predicted molar refractivity (Wildman–Crippen MR) is 91.2 cm³/mol. The van der Waals surface area contributed by atoms with Gasteiger partial charge in [-0.25, -0.2) is 18.1 Å². The van der Waals surface area contributed by atoms with Gasteiger partial charge in [0.15, 0.2) is 0 Å². The van der Waals surface area contributed by atoms with Gasteiger partial charge in [-0.1, -0.05) is 0 Å². The molecule has 3 N–H and O–H groups in total. The Kier molecular flexibility index (Phi) is 5.99. The van der Waals surface area contributed by atoms with Gasteiger partial charge >= 0.3 is 0 Å². The van der Waals surface area contributed by atoms with Crippen LogP contribution >= 0.6 is 15.9 Å². The number of anilines is 1. The molecule has 128 valence electrons. The molecule has 0 spiro atoms. The number of nitrogens with zero attached hydrogens (tertiary/aromatic N) is 2. The molecule has 1 aromatic heterocycles. The van der Waals surface area contributed by atoms with Crippen molar-refractivity contribution in [2.75, 3.05) is 18.8 Å². The number of likely N-dealkylation sites (tertiary alicyclic amines) is 1. The van der Waals surface area contributed by atoms with Crippen LogP contribution in [0.2, 0.25) is 0 Å². The van der Waals surface area contributed by atoms with Gasteiger partial charge in [0.1, 0.15) is 10.7 Å². The number of halogens is 1. The van der Waals surface area contributed by atoms with Crippen LogP contribution in [0.1, 0.15) is 32.6 Å². The Bertz CT molecular complexity index is 681. The number of nitrogens with one attached hydrogen (secondary N) is 1. The molecule has 2 heterocycles. The summed E-state index contributed by atoms with van der Waals surface area (Å²) in [5.74, 6) is -0.100. The van der Waals surface area contributed by atoms with Crippen LogP contribution in [-0.4, -0.2) is 43.3 Å². The van der Waals surface area contributed by atoms with E-state index in [4.69, 9.17) is 5.73 Å². The molecule has 7 nitrogen and oxygen atoms in total. The lowest BCUT2D eigenvalue weighted by atomic mass is 10.0. The quantitative estimate of drug-likeness (QED) is 0.773. The van der Waals surface area contributed by atoms with Gasteiger partial charge in [-0.2, -0.15) is 0 Å². The number of nitrogens with two attached hydrogens (primary N) is 1. The molecule has 1 atom stereocenters. The van der Waals surface area contributed by atoms with Gasteiger partial charge in [-0.3, -0.25) is 4.79 Å². The van der Waals surface area contributed by atoms with E-state index in [1.54, 1.807) is 0 Å². The van der Waals surface area contributed by atoms with Crippen LogP contribution in [0.5, 0.6) is 0 Å². The molecule has 1 aliphatic rings. The Morgan fingerprint density at radius 1 is 1.52 bits per heavy atom. The predicted octanol–water partition coefficient (Wildman–Crippen LogP) is 1.50. The first kappa shape index (κ1) is 18.2. The van der Waals surface area contributed by atoms with Crippen molar-refractivity contribution >= 4 is 37.7 Å². The molecule has 23 heavy (non-hydrogen) atoms. The van der Waals surface area contributed by atoms with Crippen LogP contribution in [0.25, 0.3) is 0 Å². The van der Waals surface area contributed by atoms with Gasteiger partial charge in [0.05, 0.1) is 0 Å². The number of pyridine rings is 1. The number of nitrogen functional groups attached to an aromatic ring is 1. The SMILES string of the molecule is CC1CCCCN1C(=O)CCNS(=O)(=O)c1cc(Br)cnc1N. The summed E-state index contributed by atoms with van der Waals surface area (Å²) in [5.41, 5.74) is 5.62. The Balaban J connectivity index is 1.94. The maximum atomic E-state index is 12.3.